The van der Waals surface area contributed by atoms with Gasteiger partial charge in [-0.1, -0.05) is 53.2 Å². The smallest absolute Gasteiger partial charge is 0.0615 e. The highest BCUT2D eigenvalue weighted by Gasteiger charge is 2.18. The van der Waals surface area contributed by atoms with Gasteiger partial charge < -0.3 is 4.74 Å². The van der Waals surface area contributed by atoms with Gasteiger partial charge in [-0.2, -0.15) is 0 Å². The van der Waals surface area contributed by atoms with E-state index in [0.29, 0.717) is 12.0 Å². The van der Waals surface area contributed by atoms with Crippen molar-refractivity contribution in [1.82, 2.24) is 4.90 Å². The molecule has 1 rings (SSSR count). The molecule has 0 aliphatic carbocycles. The third-order valence-corrected chi connectivity index (χ3v) is 4.13. The number of methoxy groups -OCH3 is 1. The number of ether oxygens (including phenoxy) is 1. The van der Waals surface area contributed by atoms with Gasteiger partial charge in [-0.15, -0.1) is 0 Å². The van der Waals surface area contributed by atoms with Crippen molar-refractivity contribution in [2.24, 2.45) is 0 Å². The highest BCUT2D eigenvalue weighted by Crippen LogP contribution is 2.20. The monoisotopic (exact) mass is 313 g/mol. The minimum atomic E-state index is 0.463. The lowest BCUT2D eigenvalue weighted by molar-refractivity contribution is 0.0997. The lowest BCUT2D eigenvalue weighted by atomic mass is 10.00. The normalized spacial score (nSPS) is 14.7. The lowest BCUT2D eigenvalue weighted by Crippen LogP contribution is -2.39. The maximum absolute atomic E-state index is 5.25. The van der Waals surface area contributed by atoms with Crippen LogP contribution < -0.4 is 0 Å². The van der Waals surface area contributed by atoms with Crippen molar-refractivity contribution in [2.45, 2.75) is 25.8 Å². The first-order valence-electron chi connectivity index (χ1n) is 6.56. The van der Waals surface area contributed by atoms with Gasteiger partial charge in [0.1, 0.15) is 0 Å². The van der Waals surface area contributed by atoms with Crippen LogP contribution in [0.5, 0.6) is 0 Å². The van der Waals surface area contributed by atoms with E-state index in [2.05, 4.69) is 65.0 Å². The van der Waals surface area contributed by atoms with Crippen LogP contribution in [0.1, 0.15) is 25.3 Å². The average molecular weight is 314 g/mol. The molecule has 0 bridgehead atoms. The summed E-state index contributed by atoms with van der Waals surface area (Å²) >= 11 is 3.64. The first-order chi connectivity index (χ1) is 8.72. The van der Waals surface area contributed by atoms with Crippen LogP contribution >= 0.6 is 15.9 Å². The standard InChI is InChI=1S/C15H24BrNO/c1-4-17(13(2)12-18-3)11-15(10-16)14-8-6-5-7-9-14/h5-9,13,15H,4,10-12H2,1-3H3. The van der Waals surface area contributed by atoms with Crippen molar-refractivity contribution < 1.29 is 4.74 Å². The summed E-state index contributed by atoms with van der Waals surface area (Å²) in [6, 6.07) is 11.2. The van der Waals surface area contributed by atoms with Gasteiger partial charge in [-0.3, -0.25) is 4.90 Å². The quantitative estimate of drug-likeness (QED) is 0.681. The Hall–Kier alpha value is -0.380. The molecule has 2 nitrogen and oxygen atoms in total. The molecule has 0 saturated heterocycles. The molecular weight excluding hydrogens is 290 g/mol. The Morgan fingerprint density at radius 3 is 2.44 bits per heavy atom. The SMILES string of the molecule is CCN(CC(CBr)c1ccccc1)C(C)COC. The summed E-state index contributed by atoms with van der Waals surface area (Å²) in [6.45, 7) is 7.35. The van der Waals surface area contributed by atoms with Gasteiger partial charge in [0.15, 0.2) is 0 Å². The van der Waals surface area contributed by atoms with Crippen molar-refractivity contribution in [3.05, 3.63) is 35.9 Å². The Kier molecular flexibility index (Phi) is 7.56. The van der Waals surface area contributed by atoms with E-state index in [4.69, 9.17) is 4.74 Å². The lowest BCUT2D eigenvalue weighted by Gasteiger charge is -2.30. The van der Waals surface area contributed by atoms with Crippen molar-refractivity contribution in [2.75, 3.05) is 32.1 Å². The first-order valence-corrected chi connectivity index (χ1v) is 7.68. The van der Waals surface area contributed by atoms with Crippen LogP contribution in [0.2, 0.25) is 0 Å². The van der Waals surface area contributed by atoms with Crippen molar-refractivity contribution in [3.8, 4) is 0 Å². The third kappa shape index (κ3) is 4.71. The van der Waals surface area contributed by atoms with E-state index >= 15 is 0 Å². The molecule has 0 spiro atoms. The van der Waals surface area contributed by atoms with Gasteiger partial charge in [-0.25, -0.2) is 0 Å². The van der Waals surface area contributed by atoms with Crippen LogP contribution in [0.4, 0.5) is 0 Å². The average Bonchev–Trinajstić information content (AvgIpc) is 2.41. The third-order valence-electron chi connectivity index (χ3n) is 3.35. The summed E-state index contributed by atoms with van der Waals surface area (Å²) < 4.78 is 5.25. The van der Waals surface area contributed by atoms with Gasteiger partial charge in [0.05, 0.1) is 6.61 Å². The molecule has 18 heavy (non-hydrogen) atoms. The molecule has 2 atom stereocenters. The van der Waals surface area contributed by atoms with E-state index in [1.165, 1.54) is 5.56 Å². The number of alkyl halides is 1. The molecule has 0 aromatic heterocycles. The van der Waals surface area contributed by atoms with E-state index in [-0.39, 0.29) is 0 Å². The predicted octanol–water partition coefficient (Wildman–Crippen LogP) is 3.52. The van der Waals surface area contributed by atoms with E-state index < -0.39 is 0 Å². The number of nitrogens with zero attached hydrogens (tertiary/aromatic N) is 1. The van der Waals surface area contributed by atoms with Crippen LogP contribution in [0.3, 0.4) is 0 Å². The summed E-state index contributed by atoms with van der Waals surface area (Å²) in [7, 11) is 1.77. The summed E-state index contributed by atoms with van der Waals surface area (Å²) in [5.74, 6) is 0.533. The minimum absolute atomic E-state index is 0.463. The number of hydrogen-bond acceptors (Lipinski definition) is 2. The molecular formula is C15H24BrNO. The molecule has 0 aliphatic heterocycles. The molecule has 0 amide bonds. The zero-order chi connectivity index (χ0) is 13.4. The molecule has 0 saturated carbocycles. The number of rotatable bonds is 8. The van der Waals surface area contributed by atoms with Crippen LogP contribution in [-0.4, -0.2) is 43.1 Å². The van der Waals surface area contributed by atoms with E-state index in [9.17, 15) is 0 Å². The number of benzene rings is 1. The topological polar surface area (TPSA) is 12.5 Å². The first kappa shape index (κ1) is 15.7. The number of likely N-dealkylation sites (N-methyl/N-ethyl adjacent to an activating group) is 1. The Labute approximate surface area is 119 Å². The number of hydrogen-bond donors (Lipinski definition) is 0. The van der Waals surface area contributed by atoms with Crippen LogP contribution in [-0.2, 0) is 4.74 Å². The fourth-order valence-electron chi connectivity index (χ4n) is 2.22. The van der Waals surface area contributed by atoms with Gasteiger partial charge in [0.2, 0.25) is 0 Å². The maximum atomic E-state index is 5.25. The van der Waals surface area contributed by atoms with Gasteiger partial charge in [0.25, 0.3) is 0 Å². The molecule has 1 aromatic rings. The highest BCUT2D eigenvalue weighted by molar-refractivity contribution is 9.09. The van der Waals surface area contributed by atoms with Gasteiger partial charge >= 0.3 is 0 Å². The molecule has 0 radical (unpaired) electrons. The van der Waals surface area contributed by atoms with Crippen molar-refractivity contribution >= 4 is 15.9 Å². The van der Waals surface area contributed by atoms with Gasteiger partial charge in [-0.05, 0) is 19.0 Å². The molecule has 1 aromatic carbocycles. The Balaban J connectivity index is 2.66. The fraction of sp³-hybridized carbons (Fsp3) is 0.600. The van der Waals surface area contributed by atoms with Gasteiger partial charge in [0, 0.05) is 30.9 Å². The largest absolute Gasteiger partial charge is 0.383 e. The fourth-order valence-corrected chi connectivity index (χ4v) is 2.80. The Morgan fingerprint density at radius 1 is 1.28 bits per heavy atom. The summed E-state index contributed by atoms with van der Waals surface area (Å²) in [6.07, 6.45) is 0. The number of halogens is 1. The van der Waals surface area contributed by atoms with Crippen molar-refractivity contribution in [1.29, 1.82) is 0 Å². The summed E-state index contributed by atoms with van der Waals surface area (Å²) in [4.78, 5) is 2.47. The molecule has 2 unspecified atom stereocenters. The highest BCUT2D eigenvalue weighted by atomic mass is 79.9. The van der Waals surface area contributed by atoms with Crippen LogP contribution in [0, 0.1) is 0 Å². The molecule has 3 heteroatoms. The molecule has 0 heterocycles. The molecule has 0 N–H and O–H groups in total. The zero-order valence-electron chi connectivity index (χ0n) is 11.6. The van der Waals surface area contributed by atoms with Crippen molar-refractivity contribution in [3.63, 3.8) is 0 Å². The van der Waals surface area contributed by atoms with E-state index in [0.717, 1.165) is 25.0 Å². The second kappa shape index (κ2) is 8.68. The molecule has 0 aliphatic rings. The maximum Gasteiger partial charge on any atom is 0.0615 e. The van der Waals surface area contributed by atoms with E-state index in [1.807, 2.05) is 0 Å². The Bertz CT molecular complexity index is 318. The second-order valence-corrected chi connectivity index (χ2v) is 5.30. The van der Waals surface area contributed by atoms with E-state index in [1.54, 1.807) is 7.11 Å². The summed E-state index contributed by atoms with van der Waals surface area (Å²) in [5.41, 5.74) is 1.40. The predicted molar refractivity (Wildman–Crippen MR) is 81.6 cm³/mol. The van der Waals surface area contributed by atoms with Crippen LogP contribution in [0.25, 0.3) is 0 Å². The second-order valence-electron chi connectivity index (χ2n) is 4.65. The molecule has 0 fully saturated rings. The summed E-state index contributed by atoms with van der Waals surface area (Å²) in [5, 5.41) is 0.993. The minimum Gasteiger partial charge on any atom is -0.383 e. The molecule has 102 valence electrons. The Morgan fingerprint density at radius 2 is 1.94 bits per heavy atom. The zero-order valence-corrected chi connectivity index (χ0v) is 13.2. The van der Waals surface area contributed by atoms with Crippen LogP contribution in [0.15, 0.2) is 30.3 Å².